The Morgan fingerprint density at radius 3 is 2.40 bits per heavy atom. The molecule has 1 rings (SSSR count). The predicted molar refractivity (Wildman–Crippen MR) is 59.3 cm³/mol. The Kier molecular flexibility index (Phi) is 4.24. The third-order valence-corrected chi connectivity index (χ3v) is 2.06. The molecule has 15 heavy (non-hydrogen) atoms. The molecule has 1 aromatic rings. The van der Waals surface area contributed by atoms with Crippen LogP contribution in [0.4, 0.5) is 4.39 Å². The predicted octanol–water partition coefficient (Wildman–Crippen LogP) is 1.73. The Bertz CT molecular complexity index is 289. The van der Waals surface area contributed by atoms with Crippen LogP contribution in [0.25, 0.3) is 0 Å². The number of aliphatic hydroxyl groups is 1. The summed E-state index contributed by atoms with van der Waals surface area (Å²) in [4.78, 5) is 0. The van der Waals surface area contributed by atoms with Crippen LogP contribution in [0.5, 0.6) is 0 Å². The number of rotatable bonds is 5. The molecule has 0 saturated carbocycles. The van der Waals surface area contributed by atoms with Crippen molar-refractivity contribution in [2.24, 2.45) is 0 Å². The fourth-order valence-corrected chi connectivity index (χ4v) is 1.28. The van der Waals surface area contributed by atoms with Crippen LogP contribution in [-0.2, 0) is 6.42 Å². The Morgan fingerprint density at radius 1 is 1.27 bits per heavy atom. The van der Waals surface area contributed by atoms with E-state index in [0.29, 0.717) is 6.54 Å². The highest BCUT2D eigenvalue weighted by atomic mass is 19.1. The first-order chi connectivity index (χ1) is 6.97. The molecule has 0 atom stereocenters. The molecule has 84 valence electrons. The largest absolute Gasteiger partial charge is 0.389 e. The van der Waals surface area contributed by atoms with Gasteiger partial charge in [0.05, 0.1) is 5.60 Å². The van der Waals surface area contributed by atoms with Crippen LogP contribution in [0.3, 0.4) is 0 Å². The maximum absolute atomic E-state index is 12.6. The zero-order valence-corrected chi connectivity index (χ0v) is 9.26. The Hall–Kier alpha value is -0.930. The lowest BCUT2D eigenvalue weighted by Gasteiger charge is -2.17. The number of benzene rings is 1. The lowest BCUT2D eigenvalue weighted by atomic mass is 10.1. The fourth-order valence-electron chi connectivity index (χ4n) is 1.28. The van der Waals surface area contributed by atoms with Gasteiger partial charge in [0.25, 0.3) is 0 Å². The van der Waals surface area contributed by atoms with Crippen LogP contribution >= 0.6 is 0 Å². The summed E-state index contributed by atoms with van der Waals surface area (Å²) in [6, 6.07) is 6.48. The zero-order valence-electron chi connectivity index (χ0n) is 9.26. The van der Waals surface area contributed by atoms with Gasteiger partial charge in [0.1, 0.15) is 5.82 Å². The molecule has 0 aliphatic rings. The molecule has 1 aromatic carbocycles. The van der Waals surface area contributed by atoms with E-state index in [1.807, 2.05) is 0 Å². The number of hydrogen-bond donors (Lipinski definition) is 2. The van der Waals surface area contributed by atoms with Crippen LogP contribution < -0.4 is 5.32 Å². The van der Waals surface area contributed by atoms with Gasteiger partial charge in [-0.25, -0.2) is 4.39 Å². The normalized spacial score (nSPS) is 11.7. The molecule has 0 heterocycles. The maximum atomic E-state index is 12.6. The molecule has 2 N–H and O–H groups in total. The van der Waals surface area contributed by atoms with Crippen molar-refractivity contribution in [2.45, 2.75) is 25.9 Å². The number of hydrogen-bond acceptors (Lipinski definition) is 2. The van der Waals surface area contributed by atoms with E-state index >= 15 is 0 Å². The summed E-state index contributed by atoms with van der Waals surface area (Å²) >= 11 is 0. The van der Waals surface area contributed by atoms with Crippen LogP contribution in [0.1, 0.15) is 19.4 Å². The van der Waals surface area contributed by atoms with Crippen molar-refractivity contribution in [1.82, 2.24) is 5.32 Å². The van der Waals surface area contributed by atoms with Crippen molar-refractivity contribution >= 4 is 0 Å². The standard InChI is InChI=1S/C12H18FNO/c1-12(2,15)9-14-8-7-10-3-5-11(13)6-4-10/h3-6,14-15H,7-9H2,1-2H3. The average Bonchev–Trinajstić information content (AvgIpc) is 2.14. The summed E-state index contributed by atoms with van der Waals surface area (Å²) < 4.78 is 12.6. The Labute approximate surface area is 90.1 Å². The summed E-state index contributed by atoms with van der Waals surface area (Å²) in [5.41, 5.74) is 0.419. The molecule has 0 aliphatic carbocycles. The zero-order chi connectivity index (χ0) is 11.3. The van der Waals surface area contributed by atoms with Gasteiger partial charge in [-0.2, -0.15) is 0 Å². The van der Waals surface area contributed by atoms with Gasteiger partial charge in [0, 0.05) is 6.54 Å². The summed E-state index contributed by atoms with van der Waals surface area (Å²) in [6.45, 7) is 4.87. The van der Waals surface area contributed by atoms with E-state index in [1.165, 1.54) is 12.1 Å². The molecular formula is C12H18FNO. The van der Waals surface area contributed by atoms with Crippen LogP contribution in [-0.4, -0.2) is 23.8 Å². The van der Waals surface area contributed by atoms with Crippen molar-refractivity contribution in [3.05, 3.63) is 35.6 Å². The average molecular weight is 211 g/mol. The molecule has 0 aliphatic heterocycles. The van der Waals surface area contributed by atoms with E-state index < -0.39 is 5.60 Å². The Morgan fingerprint density at radius 2 is 1.87 bits per heavy atom. The second-order valence-corrected chi connectivity index (χ2v) is 4.37. The van der Waals surface area contributed by atoms with Gasteiger partial charge in [0.2, 0.25) is 0 Å². The molecular weight excluding hydrogens is 193 g/mol. The monoisotopic (exact) mass is 211 g/mol. The van der Waals surface area contributed by atoms with Gasteiger partial charge >= 0.3 is 0 Å². The topological polar surface area (TPSA) is 32.3 Å². The summed E-state index contributed by atoms with van der Waals surface area (Å²) in [7, 11) is 0. The summed E-state index contributed by atoms with van der Waals surface area (Å²) in [5.74, 6) is -0.205. The minimum atomic E-state index is -0.678. The molecule has 3 heteroatoms. The van der Waals surface area contributed by atoms with E-state index in [9.17, 15) is 9.50 Å². The molecule has 0 bridgehead atoms. The quantitative estimate of drug-likeness (QED) is 0.727. The minimum Gasteiger partial charge on any atom is -0.389 e. The van der Waals surface area contributed by atoms with Gasteiger partial charge < -0.3 is 10.4 Å². The summed E-state index contributed by atoms with van der Waals surface area (Å²) in [6.07, 6.45) is 0.844. The number of halogens is 1. The molecule has 0 spiro atoms. The van der Waals surface area contributed by atoms with Crippen molar-refractivity contribution < 1.29 is 9.50 Å². The van der Waals surface area contributed by atoms with E-state index in [4.69, 9.17) is 0 Å². The van der Waals surface area contributed by atoms with Crippen LogP contribution in [0.2, 0.25) is 0 Å². The van der Waals surface area contributed by atoms with E-state index in [0.717, 1.165) is 18.5 Å². The first kappa shape index (κ1) is 12.1. The lowest BCUT2D eigenvalue weighted by Crippen LogP contribution is -2.35. The SMILES string of the molecule is CC(C)(O)CNCCc1ccc(F)cc1. The smallest absolute Gasteiger partial charge is 0.123 e. The molecule has 0 amide bonds. The van der Waals surface area contributed by atoms with E-state index in [-0.39, 0.29) is 5.82 Å². The molecule has 0 unspecified atom stereocenters. The molecule has 0 saturated heterocycles. The van der Waals surface area contributed by atoms with Gasteiger partial charge in [-0.15, -0.1) is 0 Å². The van der Waals surface area contributed by atoms with Gasteiger partial charge in [-0.1, -0.05) is 12.1 Å². The molecule has 0 aromatic heterocycles. The second kappa shape index (κ2) is 5.24. The fraction of sp³-hybridized carbons (Fsp3) is 0.500. The first-order valence-electron chi connectivity index (χ1n) is 5.15. The maximum Gasteiger partial charge on any atom is 0.123 e. The summed E-state index contributed by atoms with van der Waals surface area (Å²) in [5, 5.41) is 12.6. The van der Waals surface area contributed by atoms with E-state index in [2.05, 4.69) is 5.32 Å². The Balaban J connectivity index is 2.23. The van der Waals surface area contributed by atoms with Crippen molar-refractivity contribution in [3.8, 4) is 0 Å². The molecule has 0 fully saturated rings. The highest BCUT2D eigenvalue weighted by molar-refractivity contribution is 5.16. The van der Waals surface area contributed by atoms with Crippen molar-refractivity contribution in [3.63, 3.8) is 0 Å². The second-order valence-electron chi connectivity index (χ2n) is 4.37. The van der Waals surface area contributed by atoms with Crippen molar-refractivity contribution in [2.75, 3.05) is 13.1 Å². The molecule has 0 radical (unpaired) electrons. The van der Waals surface area contributed by atoms with Gasteiger partial charge in [-0.3, -0.25) is 0 Å². The van der Waals surface area contributed by atoms with Gasteiger partial charge in [0.15, 0.2) is 0 Å². The highest BCUT2D eigenvalue weighted by Gasteiger charge is 2.10. The minimum absolute atomic E-state index is 0.205. The van der Waals surface area contributed by atoms with Crippen LogP contribution in [0, 0.1) is 5.82 Å². The highest BCUT2D eigenvalue weighted by Crippen LogP contribution is 2.03. The molecule has 2 nitrogen and oxygen atoms in total. The van der Waals surface area contributed by atoms with Gasteiger partial charge in [-0.05, 0) is 44.5 Å². The first-order valence-corrected chi connectivity index (χ1v) is 5.15. The third-order valence-electron chi connectivity index (χ3n) is 2.06. The third kappa shape index (κ3) is 5.50. The van der Waals surface area contributed by atoms with Crippen molar-refractivity contribution in [1.29, 1.82) is 0 Å². The number of nitrogens with one attached hydrogen (secondary N) is 1. The van der Waals surface area contributed by atoms with Crippen LogP contribution in [0.15, 0.2) is 24.3 Å². The lowest BCUT2D eigenvalue weighted by molar-refractivity contribution is 0.0801. The van der Waals surface area contributed by atoms with E-state index in [1.54, 1.807) is 26.0 Å².